The summed E-state index contributed by atoms with van der Waals surface area (Å²) >= 11 is 0. The van der Waals surface area contributed by atoms with Gasteiger partial charge in [-0.05, 0) is 26.0 Å². The molecule has 0 unspecified atom stereocenters. The van der Waals surface area contributed by atoms with Crippen LogP contribution < -0.4 is 9.47 Å². The first kappa shape index (κ1) is 17.1. The van der Waals surface area contributed by atoms with E-state index in [4.69, 9.17) is 9.47 Å². The van der Waals surface area contributed by atoms with Crippen LogP contribution in [-0.2, 0) is 11.2 Å². The number of fused-ring (bicyclic) bond motifs is 2. The predicted molar refractivity (Wildman–Crippen MR) is 99.8 cm³/mol. The normalized spacial score (nSPS) is 15.0. The largest absolute Gasteiger partial charge is 0.493 e. The van der Waals surface area contributed by atoms with Gasteiger partial charge in [-0.15, -0.1) is 10.2 Å². The smallest absolute Gasteiger partial charge is 0.302 e. The van der Waals surface area contributed by atoms with E-state index in [9.17, 15) is 9.90 Å². The highest BCUT2D eigenvalue weighted by Gasteiger charge is 2.32. The van der Waals surface area contributed by atoms with Gasteiger partial charge in [0.2, 0.25) is 5.88 Å². The third-order valence-electron chi connectivity index (χ3n) is 4.33. The number of aromatic nitrogens is 1. The Morgan fingerprint density at radius 2 is 2.07 bits per heavy atom. The quantitative estimate of drug-likeness (QED) is 0.675. The summed E-state index contributed by atoms with van der Waals surface area (Å²) in [7, 11) is 0. The highest BCUT2D eigenvalue weighted by Crippen LogP contribution is 2.41. The molecule has 7 nitrogen and oxygen atoms in total. The van der Waals surface area contributed by atoms with Gasteiger partial charge in [0.15, 0.2) is 23.8 Å². The van der Waals surface area contributed by atoms with Gasteiger partial charge in [-0.25, -0.2) is 0 Å². The molecular formula is C20H19N3O4. The Bertz CT molecular complexity index is 1050. The number of azo groups is 1. The van der Waals surface area contributed by atoms with Crippen molar-refractivity contribution in [3.8, 4) is 17.4 Å². The zero-order chi connectivity index (χ0) is 19.0. The molecule has 0 bridgehead atoms. The minimum absolute atomic E-state index is 0.134. The molecule has 0 aliphatic carbocycles. The standard InChI is InChI=1S/C20H19N3O4/c1-20(2)10-12-6-5-9-15(18(12)27-20)26-11-16(24)22-23-17-13-7-3-4-8-14(13)21-19(17)25/h3-9,21,25H,10-11H2,1-2H3. The molecule has 1 aliphatic heterocycles. The molecule has 0 saturated heterocycles. The van der Waals surface area contributed by atoms with Crippen LogP contribution >= 0.6 is 0 Å². The van der Waals surface area contributed by atoms with E-state index in [1.807, 2.05) is 38.1 Å². The third-order valence-corrected chi connectivity index (χ3v) is 4.33. The summed E-state index contributed by atoms with van der Waals surface area (Å²) in [5.41, 5.74) is 1.70. The van der Waals surface area contributed by atoms with Gasteiger partial charge in [0.1, 0.15) is 5.60 Å². The van der Waals surface area contributed by atoms with Crippen LogP contribution in [0.1, 0.15) is 19.4 Å². The number of nitrogens with one attached hydrogen (secondary N) is 1. The minimum Gasteiger partial charge on any atom is -0.493 e. The predicted octanol–water partition coefficient (Wildman–Crippen LogP) is 4.28. The van der Waals surface area contributed by atoms with Crippen molar-refractivity contribution < 1.29 is 19.4 Å². The van der Waals surface area contributed by atoms with E-state index in [-0.39, 0.29) is 23.8 Å². The van der Waals surface area contributed by atoms with Crippen molar-refractivity contribution in [2.75, 3.05) is 6.61 Å². The Balaban J connectivity index is 1.46. The van der Waals surface area contributed by atoms with Gasteiger partial charge < -0.3 is 19.6 Å². The fraction of sp³-hybridized carbons (Fsp3) is 0.250. The molecule has 1 aliphatic rings. The second kappa shape index (κ2) is 6.42. The zero-order valence-corrected chi connectivity index (χ0v) is 15.0. The maximum atomic E-state index is 12.1. The molecule has 7 heteroatoms. The summed E-state index contributed by atoms with van der Waals surface area (Å²) in [5, 5.41) is 18.2. The lowest BCUT2D eigenvalue weighted by Gasteiger charge is -2.18. The van der Waals surface area contributed by atoms with Crippen molar-refractivity contribution >= 4 is 22.5 Å². The number of carbonyl (C=O) groups excluding carboxylic acids is 1. The molecule has 0 radical (unpaired) electrons. The fourth-order valence-electron chi connectivity index (χ4n) is 3.19. The van der Waals surface area contributed by atoms with Crippen LogP contribution in [0.2, 0.25) is 0 Å². The Morgan fingerprint density at radius 1 is 1.26 bits per heavy atom. The van der Waals surface area contributed by atoms with E-state index in [1.165, 1.54) is 0 Å². The molecule has 27 heavy (non-hydrogen) atoms. The van der Waals surface area contributed by atoms with Crippen molar-refractivity contribution in [1.82, 2.24) is 4.98 Å². The lowest BCUT2D eigenvalue weighted by atomic mass is 10.0. The summed E-state index contributed by atoms with van der Waals surface area (Å²) in [5.74, 6) is 0.484. The number of aromatic hydroxyl groups is 1. The second-order valence-electron chi connectivity index (χ2n) is 7.03. The summed E-state index contributed by atoms with van der Waals surface area (Å²) in [6.45, 7) is 3.74. The molecule has 0 atom stereocenters. The summed E-state index contributed by atoms with van der Waals surface area (Å²) in [6.07, 6.45) is 0.785. The molecule has 138 valence electrons. The van der Waals surface area contributed by atoms with E-state index in [2.05, 4.69) is 15.2 Å². The van der Waals surface area contributed by atoms with Crippen LogP contribution in [0.3, 0.4) is 0 Å². The van der Waals surface area contributed by atoms with E-state index < -0.39 is 5.91 Å². The van der Waals surface area contributed by atoms with Crippen molar-refractivity contribution in [1.29, 1.82) is 0 Å². The van der Waals surface area contributed by atoms with E-state index in [0.717, 1.165) is 12.0 Å². The number of hydrogen-bond acceptors (Lipinski definition) is 5. The average molecular weight is 365 g/mol. The van der Waals surface area contributed by atoms with E-state index in [1.54, 1.807) is 18.2 Å². The summed E-state index contributed by atoms with van der Waals surface area (Å²) in [6, 6.07) is 12.9. The molecule has 1 aromatic heterocycles. The van der Waals surface area contributed by atoms with Gasteiger partial charge in [0.05, 0.1) is 5.52 Å². The number of rotatable bonds is 4. The van der Waals surface area contributed by atoms with Gasteiger partial charge >= 0.3 is 5.91 Å². The Hall–Kier alpha value is -3.35. The number of amides is 1. The monoisotopic (exact) mass is 365 g/mol. The molecule has 0 spiro atoms. The maximum absolute atomic E-state index is 12.1. The molecule has 2 aromatic carbocycles. The number of nitrogens with zero attached hydrogens (tertiary/aromatic N) is 2. The van der Waals surface area contributed by atoms with E-state index >= 15 is 0 Å². The van der Waals surface area contributed by atoms with E-state index in [0.29, 0.717) is 22.4 Å². The minimum atomic E-state index is -0.561. The van der Waals surface area contributed by atoms with Crippen molar-refractivity contribution in [2.45, 2.75) is 25.9 Å². The molecule has 3 aromatic rings. The second-order valence-corrected chi connectivity index (χ2v) is 7.03. The SMILES string of the molecule is CC1(C)Cc2cccc(OCC(=O)N=Nc3c(O)[nH]c4ccccc34)c2O1. The van der Waals surface area contributed by atoms with Crippen LogP contribution in [0, 0.1) is 0 Å². The van der Waals surface area contributed by atoms with Gasteiger partial charge in [-0.1, -0.05) is 30.3 Å². The van der Waals surface area contributed by atoms with Crippen LogP contribution in [0.4, 0.5) is 5.69 Å². The number of ether oxygens (including phenoxy) is 2. The molecule has 2 heterocycles. The highest BCUT2D eigenvalue weighted by atomic mass is 16.5. The van der Waals surface area contributed by atoms with Crippen LogP contribution in [0.25, 0.3) is 10.9 Å². The first-order chi connectivity index (χ1) is 12.9. The number of hydrogen-bond donors (Lipinski definition) is 2. The van der Waals surface area contributed by atoms with Crippen molar-refractivity contribution in [3.05, 3.63) is 48.0 Å². The number of benzene rings is 2. The summed E-state index contributed by atoms with van der Waals surface area (Å²) in [4.78, 5) is 14.9. The topological polar surface area (TPSA) is 96.3 Å². The molecule has 0 saturated carbocycles. The number of carbonyl (C=O) groups is 1. The van der Waals surface area contributed by atoms with Gasteiger partial charge in [0, 0.05) is 17.4 Å². The lowest BCUT2D eigenvalue weighted by molar-refractivity contribution is -0.120. The van der Waals surface area contributed by atoms with Gasteiger partial charge in [0.25, 0.3) is 0 Å². The lowest BCUT2D eigenvalue weighted by Crippen LogP contribution is -2.24. The zero-order valence-electron chi connectivity index (χ0n) is 15.0. The molecule has 0 fully saturated rings. The van der Waals surface area contributed by atoms with Crippen LogP contribution in [0.15, 0.2) is 52.7 Å². The first-order valence-corrected chi connectivity index (χ1v) is 8.61. The Morgan fingerprint density at radius 3 is 2.93 bits per heavy atom. The molecular weight excluding hydrogens is 346 g/mol. The van der Waals surface area contributed by atoms with Gasteiger partial charge in [-0.3, -0.25) is 4.79 Å². The van der Waals surface area contributed by atoms with Crippen molar-refractivity contribution in [3.63, 3.8) is 0 Å². The van der Waals surface area contributed by atoms with Crippen LogP contribution in [0.5, 0.6) is 17.4 Å². The van der Waals surface area contributed by atoms with Crippen LogP contribution in [-0.4, -0.2) is 28.2 Å². The maximum Gasteiger partial charge on any atom is 0.302 e. The Labute approximate surface area is 155 Å². The van der Waals surface area contributed by atoms with Crippen molar-refractivity contribution in [2.24, 2.45) is 10.2 Å². The fourth-order valence-corrected chi connectivity index (χ4v) is 3.19. The number of para-hydroxylation sites is 2. The molecule has 2 N–H and O–H groups in total. The third kappa shape index (κ3) is 3.36. The molecule has 4 rings (SSSR count). The number of aromatic amines is 1. The average Bonchev–Trinajstić information content (AvgIpc) is 3.12. The Kier molecular flexibility index (Phi) is 4.07. The first-order valence-electron chi connectivity index (χ1n) is 8.61. The highest BCUT2D eigenvalue weighted by molar-refractivity contribution is 5.94. The summed E-state index contributed by atoms with van der Waals surface area (Å²) < 4.78 is 11.5. The van der Waals surface area contributed by atoms with Gasteiger partial charge in [-0.2, -0.15) is 0 Å². The number of H-pyrrole nitrogens is 1. The molecule has 1 amide bonds.